The summed E-state index contributed by atoms with van der Waals surface area (Å²) >= 11 is 3.26. The van der Waals surface area contributed by atoms with Gasteiger partial charge in [-0.2, -0.15) is 5.10 Å². The molecule has 0 spiro atoms. The van der Waals surface area contributed by atoms with Crippen LogP contribution in [0, 0.1) is 6.92 Å². The Hall–Kier alpha value is -2.67. The highest BCUT2D eigenvalue weighted by molar-refractivity contribution is 9.10. The predicted molar refractivity (Wildman–Crippen MR) is 91.4 cm³/mol. The molecule has 0 aliphatic carbocycles. The molecule has 0 unspecified atom stereocenters. The van der Waals surface area contributed by atoms with E-state index in [1.807, 2.05) is 19.1 Å². The largest absolute Gasteiger partial charge is 0.507 e. The van der Waals surface area contributed by atoms with E-state index in [1.54, 1.807) is 24.3 Å². The van der Waals surface area contributed by atoms with Crippen LogP contribution < -0.4 is 10.7 Å². The average Bonchev–Trinajstić information content (AvgIpc) is 2.52. The van der Waals surface area contributed by atoms with E-state index in [2.05, 4.69) is 31.8 Å². The Morgan fingerprint density at radius 2 is 1.91 bits per heavy atom. The topological polar surface area (TPSA) is 90.8 Å². The summed E-state index contributed by atoms with van der Waals surface area (Å²) in [5.41, 5.74) is 3.91. The maximum absolute atomic E-state index is 11.8. The summed E-state index contributed by atoms with van der Waals surface area (Å²) in [6, 6.07) is 11.9. The van der Waals surface area contributed by atoms with Gasteiger partial charge in [-0.05, 0) is 36.8 Å². The molecule has 2 rings (SSSR count). The van der Waals surface area contributed by atoms with Crippen molar-refractivity contribution in [2.45, 2.75) is 6.92 Å². The summed E-state index contributed by atoms with van der Waals surface area (Å²) in [7, 11) is 0. The summed E-state index contributed by atoms with van der Waals surface area (Å²) in [6.45, 7) is 1.82. The fraction of sp³-hybridized carbons (Fsp3) is 0.0625. The minimum absolute atomic E-state index is 0.00978. The van der Waals surface area contributed by atoms with Crippen molar-refractivity contribution in [3.8, 4) is 5.75 Å². The number of phenolic OH excluding ortho intramolecular Hbond substituents is 1. The first-order valence-corrected chi connectivity index (χ1v) is 7.45. The number of hydrazone groups is 1. The Kier molecular flexibility index (Phi) is 5.48. The molecule has 0 aliphatic rings. The number of anilines is 1. The standard InChI is InChI=1S/C16H14BrN3O3/c1-10-4-2-3-5-13(10)19-15(22)16(23)20-18-9-11-8-12(17)6-7-14(11)21/h2-9,21H,1H3,(H,19,22)(H,20,23)/b18-9-. The number of nitrogens with one attached hydrogen (secondary N) is 2. The van der Waals surface area contributed by atoms with Crippen molar-refractivity contribution in [1.29, 1.82) is 0 Å². The van der Waals surface area contributed by atoms with Gasteiger partial charge < -0.3 is 10.4 Å². The number of hydrogen-bond donors (Lipinski definition) is 3. The summed E-state index contributed by atoms with van der Waals surface area (Å²) < 4.78 is 0.750. The van der Waals surface area contributed by atoms with Crippen LogP contribution in [0.25, 0.3) is 0 Å². The van der Waals surface area contributed by atoms with Crippen LogP contribution in [0.4, 0.5) is 5.69 Å². The molecule has 0 aliphatic heterocycles. The highest BCUT2D eigenvalue weighted by atomic mass is 79.9. The molecule has 0 radical (unpaired) electrons. The molecule has 2 aromatic carbocycles. The van der Waals surface area contributed by atoms with E-state index in [4.69, 9.17) is 0 Å². The fourth-order valence-electron chi connectivity index (χ4n) is 1.73. The van der Waals surface area contributed by atoms with E-state index in [0.29, 0.717) is 11.3 Å². The molecule has 0 heterocycles. The number of carbonyl (C=O) groups is 2. The highest BCUT2D eigenvalue weighted by Gasteiger charge is 2.13. The van der Waals surface area contributed by atoms with E-state index in [-0.39, 0.29) is 5.75 Å². The molecule has 3 N–H and O–H groups in total. The number of amides is 2. The fourth-order valence-corrected chi connectivity index (χ4v) is 2.11. The molecule has 23 heavy (non-hydrogen) atoms. The number of carbonyl (C=O) groups excluding carboxylic acids is 2. The lowest BCUT2D eigenvalue weighted by Crippen LogP contribution is -2.32. The molecule has 0 bridgehead atoms. The highest BCUT2D eigenvalue weighted by Crippen LogP contribution is 2.19. The molecular formula is C16H14BrN3O3. The molecule has 0 fully saturated rings. The Labute approximate surface area is 141 Å². The van der Waals surface area contributed by atoms with Crippen LogP contribution in [0.15, 0.2) is 52.0 Å². The number of aromatic hydroxyl groups is 1. The van der Waals surface area contributed by atoms with Crippen molar-refractivity contribution in [1.82, 2.24) is 5.43 Å². The summed E-state index contributed by atoms with van der Waals surface area (Å²) in [6.07, 6.45) is 1.25. The van der Waals surface area contributed by atoms with Gasteiger partial charge in [0, 0.05) is 15.7 Å². The Bertz CT molecular complexity index is 775. The van der Waals surface area contributed by atoms with Crippen molar-refractivity contribution in [2.75, 3.05) is 5.32 Å². The van der Waals surface area contributed by atoms with Gasteiger partial charge in [0.1, 0.15) is 5.75 Å². The van der Waals surface area contributed by atoms with Gasteiger partial charge in [0.25, 0.3) is 0 Å². The zero-order valence-electron chi connectivity index (χ0n) is 12.2. The number of halogens is 1. The average molecular weight is 376 g/mol. The number of para-hydroxylation sites is 1. The number of benzene rings is 2. The first-order chi connectivity index (χ1) is 11.0. The third kappa shape index (κ3) is 4.65. The molecule has 2 amide bonds. The zero-order chi connectivity index (χ0) is 16.8. The maximum Gasteiger partial charge on any atom is 0.329 e. The minimum atomic E-state index is -0.904. The zero-order valence-corrected chi connectivity index (χ0v) is 13.8. The minimum Gasteiger partial charge on any atom is -0.507 e. The molecule has 2 aromatic rings. The lowest BCUT2D eigenvalue weighted by molar-refractivity contribution is -0.136. The Morgan fingerprint density at radius 1 is 1.17 bits per heavy atom. The van der Waals surface area contributed by atoms with Crippen LogP contribution >= 0.6 is 15.9 Å². The van der Waals surface area contributed by atoms with Crippen LogP contribution in [0.1, 0.15) is 11.1 Å². The molecule has 7 heteroatoms. The first-order valence-electron chi connectivity index (χ1n) is 6.66. The van der Waals surface area contributed by atoms with Gasteiger partial charge >= 0.3 is 11.8 Å². The molecule has 0 atom stereocenters. The second kappa shape index (κ2) is 7.55. The smallest absolute Gasteiger partial charge is 0.329 e. The van der Waals surface area contributed by atoms with E-state index in [9.17, 15) is 14.7 Å². The third-order valence-electron chi connectivity index (χ3n) is 2.96. The summed E-state index contributed by atoms with van der Waals surface area (Å²) in [5.74, 6) is -1.72. The number of aryl methyl sites for hydroxylation is 1. The lowest BCUT2D eigenvalue weighted by atomic mass is 10.2. The Morgan fingerprint density at radius 3 is 2.65 bits per heavy atom. The normalized spacial score (nSPS) is 10.5. The second-order valence-corrected chi connectivity index (χ2v) is 5.59. The van der Waals surface area contributed by atoms with Gasteiger partial charge in [-0.1, -0.05) is 34.1 Å². The van der Waals surface area contributed by atoms with Crippen LogP contribution in [0.5, 0.6) is 5.75 Å². The van der Waals surface area contributed by atoms with Crippen molar-refractivity contribution < 1.29 is 14.7 Å². The number of rotatable bonds is 3. The Balaban J connectivity index is 1.96. The van der Waals surface area contributed by atoms with E-state index in [1.165, 1.54) is 12.3 Å². The second-order valence-electron chi connectivity index (χ2n) is 4.67. The summed E-state index contributed by atoms with van der Waals surface area (Å²) in [5, 5.41) is 15.8. The molecule has 0 saturated carbocycles. The maximum atomic E-state index is 11.8. The van der Waals surface area contributed by atoms with Crippen molar-refractivity contribution in [3.05, 3.63) is 58.1 Å². The van der Waals surface area contributed by atoms with Crippen molar-refractivity contribution >= 4 is 39.6 Å². The van der Waals surface area contributed by atoms with Crippen LogP contribution in [0.3, 0.4) is 0 Å². The van der Waals surface area contributed by atoms with Gasteiger partial charge in [-0.3, -0.25) is 9.59 Å². The first kappa shape index (κ1) is 16.7. The number of hydrogen-bond acceptors (Lipinski definition) is 4. The van der Waals surface area contributed by atoms with Gasteiger partial charge in [0.2, 0.25) is 0 Å². The van der Waals surface area contributed by atoms with E-state index < -0.39 is 11.8 Å². The van der Waals surface area contributed by atoms with Crippen LogP contribution in [-0.2, 0) is 9.59 Å². The van der Waals surface area contributed by atoms with Crippen molar-refractivity contribution in [2.24, 2.45) is 5.10 Å². The molecule has 0 saturated heterocycles. The quantitative estimate of drug-likeness (QED) is 0.437. The molecule has 118 valence electrons. The van der Waals surface area contributed by atoms with Gasteiger partial charge in [0.15, 0.2) is 0 Å². The molecule has 6 nitrogen and oxygen atoms in total. The van der Waals surface area contributed by atoms with Gasteiger partial charge in [-0.25, -0.2) is 5.43 Å². The number of nitrogens with zero attached hydrogens (tertiary/aromatic N) is 1. The molecular weight excluding hydrogens is 362 g/mol. The summed E-state index contributed by atoms with van der Waals surface area (Å²) in [4.78, 5) is 23.5. The van der Waals surface area contributed by atoms with Crippen LogP contribution in [0.2, 0.25) is 0 Å². The van der Waals surface area contributed by atoms with Crippen LogP contribution in [-0.4, -0.2) is 23.1 Å². The number of phenols is 1. The predicted octanol–water partition coefficient (Wildman–Crippen LogP) is 2.55. The van der Waals surface area contributed by atoms with E-state index >= 15 is 0 Å². The van der Waals surface area contributed by atoms with E-state index in [0.717, 1.165) is 10.0 Å². The lowest BCUT2D eigenvalue weighted by Gasteiger charge is -2.06. The van der Waals surface area contributed by atoms with Gasteiger partial charge in [-0.15, -0.1) is 0 Å². The van der Waals surface area contributed by atoms with Gasteiger partial charge in [0.05, 0.1) is 6.21 Å². The van der Waals surface area contributed by atoms with Crippen molar-refractivity contribution in [3.63, 3.8) is 0 Å². The SMILES string of the molecule is Cc1ccccc1NC(=O)C(=O)N/N=C\c1cc(Br)ccc1O. The monoisotopic (exact) mass is 375 g/mol. The third-order valence-corrected chi connectivity index (χ3v) is 3.45. The molecule has 0 aromatic heterocycles.